The fourth-order valence-electron chi connectivity index (χ4n) is 4.43. The second kappa shape index (κ2) is 10.2. The molecule has 1 unspecified atom stereocenters. The molecule has 2 aliphatic rings. The van der Waals surface area contributed by atoms with E-state index in [4.69, 9.17) is 9.47 Å². The molecule has 2 fully saturated rings. The van der Waals surface area contributed by atoms with Crippen LogP contribution in [0.5, 0.6) is 5.75 Å². The number of ether oxygens (including phenoxy) is 2. The van der Waals surface area contributed by atoms with Gasteiger partial charge in [-0.1, -0.05) is 6.07 Å². The molecule has 3 atom stereocenters. The highest BCUT2D eigenvalue weighted by molar-refractivity contribution is 5.79. The van der Waals surface area contributed by atoms with E-state index in [1.54, 1.807) is 18.3 Å². The standard InChI is InChI=1S/C23H31FN4O3/c1-27-8-7-25-22(27)15-28-13-17(16-31-20-5-2-4-19(24)11-20)10-18(14-28)23(29)26-12-21-6-3-9-30-21/h2,4-5,7-8,11,17-18,21H,3,6,9-10,12-16H2,1H3,(H,26,29)/t17-,18+,21?/m0/s1. The van der Waals surface area contributed by atoms with Gasteiger partial charge in [0, 0.05) is 57.7 Å². The summed E-state index contributed by atoms with van der Waals surface area (Å²) in [5.41, 5.74) is 0. The lowest BCUT2D eigenvalue weighted by atomic mass is 9.88. The molecule has 168 valence electrons. The van der Waals surface area contributed by atoms with Crippen LogP contribution in [0.15, 0.2) is 36.7 Å². The molecule has 31 heavy (non-hydrogen) atoms. The molecule has 8 heteroatoms. The Kier molecular flexibility index (Phi) is 7.19. The van der Waals surface area contributed by atoms with Crippen molar-refractivity contribution in [1.29, 1.82) is 0 Å². The number of hydrogen-bond donors (Lipinski definition) is 1. The van der Waals surface area contributed by atoms with Gasteiger partial charge in [-0.25, -0.2) is 9.37 Å². The van der Waals surface area contributed by atoms with Crippen LogP contribution in [0, 0.1) is 17.7 Å². The summed E-state index contributed by atoms with van der Waals surface area (Å²) in [6.45, 7) is 3.95. The summed E-state index contributed by atoms with van der Waals surface area (Å²) in [7, 11) is 1.97. The Hall–Kier alpha value is -2.45. The predicted molar refractivity (Wildman–Crippen MR) is 114 cm³/mol. The molecule has 1 aromatic carbocycles. The Labute approximate surface area is 182 Å². The van der Waals surface area contributed by atoms with E-state index in [0.29, 0.717) is 32.0 Å². The first kappa shape index (κ1) is 21.8. The van der Waals surface area contributed by atoms with E-state index in [0.717, 1.165) is 38.2 Å². The van der Waals surface area contributed by atoms with Crippen LogP contribution in [0.4, 0.5) is 4.39 Å². The molecule has 1 amide bonds. The number of carbonyl (C=O) groups excluding carboxylic acids is 1. The Morgan fingerprint density at radius 2 is 2.29 bits per heavy atom. The zero-order valence-corrected chi connectivity index (χ0v) is 18.0. The third-order valence-electron chi connectivity index (χ3n) is 6.08. The smallest absolute Gasteiger partial charge is 0.224 e. The van der Waals surface area contributed by atoms with Crippen molar-refractivity contribution in [2.45, 2.75) is 31.9 Å². The van der Waals surface area contributed by atoms with Crippen molar-refractivity contribution < 1.29 is 18.7 Å². The number of aryl methyl sites for hydroxylation is 1. The van der Waals surface area contributed by atoms with Crippen LogP contribution in [-0.2, 0) is 23.1 Å². The highest BCUT2D eigenvalue weighted by atomic mass is 19.1. The minimum absolute atomic E-state index is 0.0656. The number of likely N-dealkylation sites (tertiary alicyclic amines) is 1. The second-order valence-electron chi connectivity index (χ2n) is 8.60. The summed E-state index contributed by atoms with van der Waals surface area (Å²) >= 11 is 0. The summed E-state index contributed by atoms with van der Waals surface area (Å²) in [4.78, 5) is 19.6. The van der Waals surface area contributed by atoms with Gasteiger partial charge in [0.1, 0.15) is 17.4 Å². The molecule has 7 nitrogen and oxygen atoms in total. The van der Waals surface area contributed by atoms with Crippen molar-refractivity contribution in [3.05, 3.63) is 48.3 Å². The van der Waals surface area contributed by atoms with E-state index in [9.17, 15) is 9.18 Å². The number of amides is 1. The van der Waals surface area contributed by atoms with Crippen LogP contribution in [0.3, 0.4) is 0 Å². The lowest BCUT2D eigenvalue weighted by Crippen LogP contribution is -2.48. The topological polar surface area (TPSA) is 68.6 Å². The van der Waals surface area contributed by atoms with E-state index in [1.807, 2.05) is 17.8 Å². The third kappa shape index (κ3) is 6.04. The molecule has 4 rings (SSSR count). The summed E-state index contributed by atoms with van der Waals surface area (Å²) in [6.07, 6.45) is 6.64. The summed E-state index contributed by atoms with van der Waals surface area (Å²) < 4.78 is 27.0. The number of nitrogens with zero attached hydrogens (tertiary/aromatic N) is 3. The van der Waals surface area contributed by atoms with Gasteiger partial charge >= 0.3 is 0 Å². The Morgan fingerprint density at radius 1 is 1.39 bits per heavy atom. The van der Waals surface area contributed by atoms with Gasteiger partial charge in [0.05, 0.1) is 25.2 Å². The van der Waals surface area contributed by atoms with Crippen LogP contribution in [0.2, 0.25) is 0 Å². The largest absolute Gasteiger partial charge is 0.493 e. The molecule has 0 radical (unpaired) electrons. The van der Waals surface area contributed by atoms with Crippen molar-refractivity contribution in [2.24, 2.45) is 18.9 Å². The zero-order chi connectivity index (χ0) is 21.6. The van der Waals surface area contributed by atoms with Crippen molar-refractivity contribution in [1.82, 2.24) is 19.8 Å². The van der Waals surface area contributed by atoms with Crippen LogP contribution < -0.4 is 10.1 Å². The number of benzene rings is 1. The predicted octanol–water partition coefficient (Wildman–Crippen LogP) is 2.37. The Balaban J connectivity index is 1.38. The Morgan fingerprint density at radius 3 is 3.03 bits per heavy atom. The van der Waals surface area contributed by atoms with E-state index < -0.39 is 0 Å². The van der Waals surface area contributed by atoms with Crippen LogP contribution >= 0.6 is 0 Å². The quantitative estimate of drug-likeness (QED) is 0.697. The first-order chi connectivity index (χ1) is 15.1. The minimum atomic E-state index is -0.316. The molecular formula is C23H31FN4O3. The number of aromatic nitrogens is 2. The molecule has 0 aliphatic carbocycles. The average Bonchev–Trinajstić information content (AvgIpc) is 3.42. The molecular weight excluding hydrogens is 399 g/mol. The molecule has 0 saturated carbocycles. The third-order valence-corrected chi connectivity index (χ3v) is 6.08. The van der Waals surface area contributed by atoms with Gasteiger partial charge in [-0.2, -0.15) is 0 Å². The molecule has 1 N–H and O–H groups in total. The van der Waals surface area contributed by atoms with Crippen molar-refractivity contribution in [2.75, 3.05) is 32.8 Å². The average molecular weight is 431 g/mol. The van der Waals surface area contributed by atoms with E-state index in [1.165, 1.54) is 12.1 Å². The van der Waals surface area contributed by atoms with Crippen LogP contribution in [0.25, 0.3) is 0 Å². The summed E-state index contributed by atoms with van der Waals surface area (Å²) in [6, 6.07) is 6.18. The number of nitrogens with one attached hydrogen (secondary N) is 1. The van der Waals surface area contributed by atoms with Gasteiger partial charge in [-0.15, -0.1) is 0 Å². The molecule has 0 spiro atoms. The van der Waals surface area contributed by atoms with Crippen LogP contribution in [0.1, 0.15) is 25.1 Å². The van der Waals surface area contributed by atoms with E-state index in [-0.39, 0.29) is 29.7 Å². The molecule has 2 aliphatic heterocycles. The maximum absolute atomic E-state index is 13.5. The number of hydrogen-bond acceptors (Lipinski definition) is 5. The minimum Gasteiger partial charge on any atom is -0.493 e. The second-order valence-corrected chi connectivity index (χ2v) is 8.60. The van der Waals surface area contributed by atoms with Gasteiger partial charge in [-0.05, 0) is 31.4 Å². The van der Waals surface area contributed by atoms with Crippen molar-refractivity contribution >= 4 is 5.91 Å². The highest BCUT2D eigenvalue weighted by Crippen LogP contribution is 2.25. The van der Waals surface area contributed by atoms with E-state index in [2.05, 4.69) is 15.2 Å². The molecule has 0 bridgehead atoms. The van der Waals surface area contributed by atoms with Crippen molar-refractivity contribution in [3.63, 3.8) is 0 Å². The monoisotopic (exact) mass is 430 g/mol. The van der Waals surface area contributed by atoms with Crippen molar-refractivity contribution in [3.8, 4) is 5.75 Å². The molecule has 1 aromatic heterocycles. The molecule has 2 saturated heterocycles. The zero-order valence-electron chi connectivity index (χ0n) is 18.0. The normalized spacial score (nSPS) is 24.3. The molecule has 3 heterocycles. The summed E-state index contributed by atoms with van der Waals surface area (Å²) in [5.74, 6) is 1.26. The van der Waals surface area contributed by atoms with Crippen LogP contribution in [-0.4, -0.2) is 59.3 Å². The number of imidazole rings is 1. The number of carbonyl (C=O) groups is 1. The number of halogens is 1. The SMILES string of the molecule is Cn1ccnc1CN1C[C@@H](COc2cccc(F)c2)C[C@@H](C(=O)NCC2CCCO2)C1. The Bertz CT molecular complexity index is 868. The van der Waals surface area contributed by atoms with Gasteiger partial charge in [0.2, 0.25) is 5.91 Å². The van der Waals surface area contributed by atoms with Gasteiger partial charge < -0.3 is 19.4 Å². The lowest BCUT2D eigenvalue weighted by Gasteiger charge is -2.37. The highest BCUT2D eigenvalue weighted by Gasteiger charge is 2.33. The number of piperidine rings is 1. The fourth-order valence-corrected chi connectivity index (χ4v) is 4.43. The number of rotatable bonds is 8. The first-order valence-electron chi connectivity index (χ1n) is 11.0. The molecule has 2 aromatic rings. The first-order valence-corrected chi connectivity index (χ1v) is 11.0. The maximum atomic E-state index is 13.5. The van der Waals surface area contributed by atoms with Gasteiger partial charge in [0.15, 0.2) is 0 Å². The summed E-state index contributed by atoms with van der Waals surface area (Å²) in [5, 5.41) is 3.09. The van der Waals surface area contributed by atoms with Gasteiger partial charge in [-0.3, -0.25) is 9.69 Å². The van der Waals surface area contributed by atoms with Gasteiger partial charge in [0.25, 0.3) is 0 Å². The lowest BCUT2D eigenvalue weighted by molar-refractivity contribution is -0.128. The maximum Gasteiger partial charge on any atom is 0.224 e. The van der Waals surface area contributed by atoms with E-state index >= 15 is 0 Å². The fraction of sp³-hybridized carbons (Fsp3) is 0.565.